The Morgan fingerprint density at radius 2 is 1.60 bits per heavy atom. The summed E-state index contributed by atoms with van der Waals surface area (Å²) in [5.41, 5.74) is 0.491. The Balaban J connectivity index is 1.87. The van der Waals surface area contributed by atoms with E-state index < -0.39 is 0 Å². The molecule has 4 nitrogen and oxygen atoms in total. The van der Waals surface area contributed by atoms with Crippen molar-refractivity contribution in [1.29, 1.82) is 0 Å². The minimum atomic E-state index is 0.390. The molecule has 0 unspecified atom stereocenters. The van der Waals surface area contributed by atoms with E-state index in [0.717, 1.165) is 19.3 Å². The Kier molecular flexibility index (Phi) is 11.3. The molecule has 0 aliphatic heterocycles. The van der Waals surface area contributed by atoms with Crippen LogP contribution in [0.15, 0.2) is 10.8 Å². The van der Waals surface area contributed by atoms with Crippen molar-refractivity contribution >= 4 is 22.2 Å². The molecule has 1 rings (SSSR count). The van der Waals surface area contributed by atoms with Crippen LogP contribution in [0.1, 0.15) is 95.6 Å². The Bertz CT molecular complexity index is 481. The zero-order chi connectivity index (χ0) is 18.5. The third-order valence-corrected chi connectivity index (χ3v) is 4.71. The van der Waals surface area contributed by atoms with Gasteiger partial charge in [0, 0.05) is 12.8 Å². The van der Waals surface area contributed by atoms with Gasteiger partial charge in [-0.25, -0.2) is 4.98 Å². The van der Waals surface area contributed by atoms with Crippen LogP contribution in [0.4, 0.5) is 0 Å². The topological polar surface area (TPSA) is 44.1 Å². The number of rotatable bonds is 14. The first-order valence-electron chi connectivity index (χ1n) is 9.68. The average Bonchev–Trinajstić information content (AvgIpc) is 2.90. The molecule has 5 heteroatoms. The van der Waals surface area contributed by atoms with Crippen molar-refractivity contribution in [3.63, 3.8) is 0 Å². The lowest BCUT2D eigenvalue weighted by atomic mass is 9.89. The van der Waals surface area contributed by atoms with Crippen molar-refractivity contribution in [3.8, 4) is 0 Å². The molecule has 0 bridgehead atoms. The van der Waals surface area contributed by atoms with Crippen molar-refractivity contribution in [3.05, 3.63) is 16.6 Å². The lowest BCUT2D eigenvalue weighted by Crippen LogP contribution is -2.06. The molecule has 0 saturated carbocycles. The molecule has 0 aliphatic rings. The lowest BCUT2D eigenvalue weighted by molar-refractivity contribution is 0.0711. The van der Waals surface area contributed by atoms with Gasteiger partial charge in [-0.2, -0.15) is 0 Å². The monoisotopic (exact) mass is 414 g/mol. The van der Waals surface area contributed by atoms with Gasteiger partial charge >= 0.3 is 0 Å². The van der Waals surface area contributed by atoms with E-state index in [9.17, 15) is 4.79 Å². The molecule has 1 heterocycles. The van der Waals surface area contributed by atoms with Gasteiger partial charge in [-0.05, 0) is 34.2 Å². The van der Waals surface area contributed by atoms with Crippen LogP contribution in [0.5, 0.6) is 0 Å². The number of halogens is 1. The number of aromatic nitrogens is 2. The largest absolute Gasteiger partial charge is 0.361 e. The number of hydrogen-bond donors (Lipinski definition) is 0. The van der Waals surface area contributed by atoms with Crippen LogP contribution in [-0.4, -0.2) is 22.4 Å². The molecule has 0 radical (unpaired) electrons. The van der Waals surface area contributed by atoms with E-state index in [2.05, 4.69) is 41.7 Å². The summed E-state index contributed by atoms with van der Waals surface area (Å²) in [5, 5.41) is 0. The minimum absolute atomic E-state index is 0.390. The van der Waals surface area contributed by atoms with Crippen LogP contribution in [0.3, 0.4) is 0 Å². The van der Waals surface area contributed by atoms with Crippen LogP contribution in [0, 0.1) is 5.41 Å². The molecule has 0 N–H and O–H groups in total. The van der Waals surface area contributed by atoms with E-state index in [1.54, 1.807) is 10.8 Å². The molecule has 0 atom stereocenters. The third-order valence-electron chi connectivity index (χ3n) is 4.33. The van der Waals surface area contributed by atoms with Crippen LogP contribution < -0.4 is 0 Å². The van der Waals surface area contributed by atoms with E-state index in [1.807, 2.05) is 0 Å². The molecule has 1 aromatic rings. The molecule has 0 aliphatic carbocycles. The van der Waals surface area contributed by atoms with Gasteiger partial charge in [0.2, 0.25) is 0 Å². The predicted octanol–water partition coefficient (Wildman–Crippen LogP) is 6.38. The van der Waals surface area contributed by atoms with E-state index in [4.69, 9.17) is 4.74 Å². The summed E-state index contributed by atoms with van der Waals surface area (Å²) in [5.74, 6) is 0.398. The smallest absolute Gasteiger partial charge is 0.185 e. The molecule has 25 heavy (non-hydrogen) atoms. The van der Waals surface area contributed by atoms with Crippen molar-refractivity contribution in [2.75, 3.05) is 6.61 Å². The Morgan fingerprint density at radius 3 is 2.16 bits per heavy atom. The third kappa shape index (κ3) is 11.5. The first-order valence-corrected chi connectivity index (χ1v) is 10.5. The predicted molar refractivity (Wildman–Crippen MR) is 107 cm³/mol. The summed E-state index contributed by atoms with van der Waals surface area (Å²) in [7, 11) is 0. The fourth-order valence-electron chi connectivity index (χ4n) is 2.85. The normalized spacial score (nSPS) is 11.8. The second-order valence-electron chi connectivity index (χ2n) is 8.04. The Hall–Kier alpha value is -0.680. The summed E-state index contributed by atoms with van der Waals surface area (Å²) in [6, 6.07) is 0. The number of ether oxygens (including phenoxy) is 1. The SMILES string of the molecule is CC(C)(C)CCCCCCCCCCCOCn1cc(Br)nc1C=O. The van der Waals surface area contributed by atoms with Crippen molar-refractivity contribution in [2.45, 2.75) is 91.7 Å². The highest BCUT2D eigenvalue weighted by molar-refractivity contribution is 9.10. The highest BCUT2D eigenvalue weighted by Crippen LogP contribution is 2.22. The number of unbranched alkanes of at least 4 members (excludes halogenated alkanes) is 8. The van der Waals surface area contributed by atoms with Crippen molar-refractivity contribution in [1.82, 2.24) is 9.55 Å². The maximum atomic E-state index is 10.8. The van der Waals surface area contributed by atoms with Gasteiger partial charge in [-0.1, -0.05) is 72.1 Å². The molecule has 144 valence electrons. The van der Waals surface area contributed by atoms with Crippen molar-refractivity contribution in [2.24, 2.45) is 5.41 Å². The average molecular weight is 415 g/mol. The zero-order valence-electron chi connectivity index (χ0n) is 16.2. The second kappa shape index (κ2) is 12.6. The van der Waals surface area contributed by atoms with Crippen LogP contribution in [-0.2, 0) is 11.5 Å². The van der Waals surface area contributed by atoms with Gasteiger partial charge in [0.15, 0.2) is 12.1 Å². The molecule has 0 spiro atoms. The first kappa shape index (κ1) is 22.4. The Labute approximate surface area is 161 Å². The summed E-state index contributed by atoms with van der Waals surface area (Å²) < 4.78 is 8.00. The summed E-state index contributed by atoms with van der Waals surface area (Å²) in [6.45, 7) is 8.10. The van der Waals surface area contributed by atoms with Gasteiger partial charge in [0.1, 0.15) is 11.3 Å². The fraction of sp³-hybridized carbons (Fsp3) is 0.800. The quantitative estimate of drug-likeness (QED) is 0.262. The second-order valence-corrected chi connectivity index (χ2v) is 8.85. The highest BCUT2D eigenvalue weighted by atomic mass is 79.9. The molecule has 0 fully saturated rings. The number of imidazole rings is 1. The highest BCUT2D eigenvalue weighted by Gasteiger charge is 2.08. The Morgan fingerprint density at radius 1 is 1.04 bits per heavy atom. The van der Waals surface area contributed by atoms with Gasteiger partial charge in [-0.3, -0.25) is 4.79 Å². The number of aldehydes is 1. The van der Waals surface area contributed by atoms with Gasteiger partial charge < -0.3 is 9.30 Å². The van der Waals surface area contributed by atoms with Crippen LogP contribution in [0.2, 0.25) is 0 Å². The zero-order valence-corrected chi connectivity index (χ0v) is 17.8. The van der Waals surface area contributed by atoms with Crippen LogP contribution >= 0.6 is 15.9 Å². The van der Waals surface area contributed by atoms with E-state index >= 15 is 0 Å². The van der Waals surface area contributed by atoms with E-state index in [1.165, 1.54) is 57.8 Å². The van der Waals surface area contributed by atoms with Gasteiger partial charge in [0.05, 0.1) is 0 Å². The molecular weight excluding hydrogens is 380 g/mol. The molecular formula is C20H35BrN2O2. The molecule has 0 amide bonds. The van der Waals surface area contributed by atoms with E-state index in [-0.39, 0.29) is 0 Å². The molecule has 1 aromatic heterocycles. The number of carbonyl (C=O) groups is 1. The molecule has 0 saturated heterocycles. The first-order chi connectivity index (χ1) is 11.9. The van der Waals surface area contributed by atoms with Gasteiger partial charge in [0.25, 0.3) is 0 Å². The number of hydrogen-bond acceptors (Lipinski definition) is 3. The maximum Gasteiger partial charge on any atom is 0.185 e. The van der Waals surface area contributed by atoms with Gasteiger partial charge in [-0.15, -0.1) is 0 Å². The lowest BCUT2D eigenvalue weighted by Gasteiger charge is -2.17. The van der Waals surface area contributed by atoms with Crippen molar-refractivity contribution < 1.29 is 9.53 Å². The van der Waals surface area contributed by atoms with E-state index in [0.29, 0.717) is 22.6 Å². The minimum Gasteiger partial charge on any atom is -0.361 e. The summed E-state index contributed by atoms with van der Waals surface area (Å²) in [4.78, 5) is 14.9. The maximum absolute atomic E-state index is 10.8. The number of nitrogens with zero attached hydrogens (tertiary/aromatic N) is 2. The standard InChI is InChI=1S/C20H35BrN2O2/c1-20(2,3)13-11-9-7-5-4-6-8-10-12-14-25-17-23-15-18(21)22-19(23)16-24/h15-16H,4-14,17H2,1-3H3. The fourth-order valence-corrected chi connectivity index (χ4v) is 3.28. The summed E-state index contributed by atoms with van der Waals surface area (Å²) >= 11 is 3.26. The molecule has 0 aromatic carbocycles. The van der Waals surface area contributed by atoms with Crippen LogP contribution in [0.25, 0.3) is 0 Å². The number of carbonyl (C=O) groups excluding carboxylic acids is 1. The summed E-state index contributed by atoms with van der Waals surface area (Å²) in [6.07, 6.45) is 15.7.